The van der Waals surface area contributed by atoms with Gasteiger partial charge in [-0.1, -0.05) is 243 Å². The Morgan fingerprint density at radius 2 is 0.861 bits per heavy atom. The highest BCUT2D eigenvalue weighted by molar-refractivity contribution is 5.80. The summed E-state index contributed by atoms with van der Waals surface area (Å²) >= 11 is 0. The Hall–Kier alpha value is -1.67. The number of aliphatic hydroxyl groups is 7. The highest BCUT2D eigenvalue weighted by Gasteiger charge is 2.44. The number of carbonyl (C=O) groups excluding carboxylic acids is 1. The first-order chi connectivity index (χ1) is 35.2. The minimum atomic E-state index is -1.67. The van der Waals surface area contributed by atoms with Crippen LogP contribution in [-0.4, -0.2) is 110 Å². The molecule has 11 heteroatoms. The number of aliphatic hydroxyl groups excluding tert-OH is 7. The summed E-state index contributed by atoms with van der Waals surface area (Å²) in [6.07, 6.45) is 50.6. The first kappa shape index (κ1) is 68.3. The van der Waals surface area contributed by atoms with Crippen LogP contribution in [0.4, 0.5) is 0 Å². The van der Waals surface area contributed by atoms with Crippen LogP contribution in [0, 0.1) is 0 Å². The Bertz CT molecular complexity index is 1260. The lowest BCUT2D eigenvalue weighted by molar-refractivity contribution is -0.303. The summed E-state index contributed by atoms with van der Waals surface area (Å²) in [5.41, 5.74) is 0. The predicted octanol–water partition coefficient (Wildman–Crippen LogP) is 13.1. The van der Waals surface area contributed by atoms with Gasteiger partial charge in [0.05, 0.1) is 25.4 Å². The number of nitrogens with one attached hydrogen (secondary N) is 1. The summed E-state index contributed by atoms with van der Waals surface area (Å²) in [5.74, 6) is -0.705. The fraction of sp³-hybridized carbons (Fsp3) is 0.885. The molecule has 0 saturated carbocycles. The van der Waals surface area contributed by atoms with Crippen LogP contribution < -0.4 is 5.32 Å². The van der Waals surface area contributed by atoms with Crippen LogP contribution in [0.15, 0.2) is 36.5 Å². The van der Waals surface area contributed by atoms with Crippen LogP contribution in [0.25, 0.3) is 0 Å². The van der Waals surface area contributed by atoms with E-state index in [1.165, 1.54) is 193 Å². The fourth-order valence-corrected chi connectivity index (χ4v) is 9.71. The molecule has 1 saturated heterocycles. The van der Waals surface area contributed by atoms with E-state index in [4.69, 9.17) is 9.47 Å². The topological polar surface area (TPSA) is 189 Å². The molecule has 1 amide bonds. The molecule has 1 rings (SSSR count). The molecule has 0 spiro atoms. The van der Waals surface area contributed by atoms with Crippen molar-refractivity contribution < 1.29 is 50.0 Å². The van der Waals surface area contributed by atoms with Crippen LogP contribution in [0.5, 0.6) is 0 Å². The van der Waals surface area contributed by atoms with Crippen molar-refractivity contribution in [2.75, 3.05) is 13.2 Å². The molecule has 1 aliphatic rings. The molecule has 0 aromatic heterocycles. The summed E-state index contributed by atoms with van der Waals surface area (Å²) in [5, 5.41) is 76.1. The number of amides is 1. The largest absolute Gasteiger partial charge is 0.394 e. The zero-order chi connectivity index (χ0) is 52.5. The van der Waals surface area contributed by atoms with Crippen LogP contribution in [0.2, 0.25) is 0 Å². The predicted molar refractivity (Wildman–Crippen MR) is 298 cm³/mol. The standard InChI is InChI=1S/C61H115NO10/c1-3-5-7-9-11-13-15-17-19-21-22-23-24-25-26-27-28-29-30-31-33-35-37-39-41-43-45-47-49-54(65)60(70)62-52(51-71-61-59(69)58(68)57(67)55(50-63)72-61)56(66)53(64)48-46-44-42-40-38-36-34-32-20-18-16-14-12-10-8-6-4-2/h22-23,25-26,40,42,52-59,61,63-69H,3-21,24,27-39,41,43-51H2,1-2H3,(H,62,70)/b23-22-,26-25-,42-40+. The van der Waals surface area contributed by atoms with Crippen molar-refractivity contribution in [3.05, 3.63) is 36.5 Å². The van der Waals surface area contributed by atoms with Gasteiger partial charge in [0.25, 0.3) is 0 Å². The zero-order valence-electron chi connectivity index (χ0n) is 46.4. The van der Waals surface area contributed by atoms with Crippen molar-refractivity contribution >= 4 is 5.91 Å². The van der Waals surface area contributed by atoms with Gasteiger partial charge in [-0.05, 0) is 70.6 Å². The van der Waals surface area contributed by atoms with Crippen molar-refractivity contribution in [3.63, 3.8) is 0 Å². The van der Waals surface area contributed by atoms with E-state index in [1.54, 1.807) is 0 Å². The highest BCUT2D eigenvalue weighted by Crippen LogP contribution is 2.23. The van der Waals surface area contributed by atoms with Gasteiger partial charge in [0, 0.05) is 0 Å². The maximum Gasteiger partial charge on any atom is 0.249 e. The molecule has 9 atom stereocenters. The van der Waals surface area contributed by atoms with Crippen molar-refractivity contribution in [2.24, 2.45) is 0 Å². The van der Waals surface area contributed by atoms with E-state index >= 15 is 0 Å². The molecular weight excluding hydrogens is 907 g/mol. The minimum Gasteiger partial charge on any atom is -0.394 e. The van der Waals surface area contributed by atoms with E-state index < -0.39 is 74.2 Å². The summed E-state index contributed by atoms with van der Waals surface area (Å²) in [4.78, 5) is 13.2. The van der Waals surface area contributed by atoms with Gasteiger partial charge in [0.2, 0.25) is 5.91 Å². The normalized spacial score (nSPS) is 20.3. The molecule has 1 aliphatic heterocycles. The second-order valence-corrected chi connectivity index (χ2v) is 21.4. The zero-order valence-corrected chi connectivity index (χ0v) is 46.4. The second-order valence-electron chi connectivity index (χ2n) is 21.4. The Labute approximate surface area is 441 Å². The Morgan fingerprint density at radius 1 is 0.486 bits per heavy atom. The number of hydrogen-bond donors (Lipinski definition) is 8. The quantitative estimate of drug-likeness (QED) is 0.0215. The third-order valence-corrected chi connectivity index (χ3v) is 14.7. The van der Waals surface area contributed by atoms with E-state index in [0.29, 0.717) is 12.8 Å². The van der Waals surface area contributed by atoms with Gasteiger partial charge in [-0.15, -0.1) is 0 Å². The van der Waals surface area contributed by atoms with Gasteiger partial charge >= 0.3 is 0 Å². The maximum atomic E-state index is 13.2. The van der Waals surface area contributed by atoms with Crippen LogP contribution in [0.1, 0.15) is 277 Å². The second kappa shape index (κ2) is 50.2. The SMILES string of the molecule is CCCCCCCCCCC/C=C\C/C=C\CCCCCCCCCCCCCCC(O)C(=O)NC(COC1OC(CO)C(O)C(O)C1O)C(O)C(O)CCC/C=C/CCCCCCCCCCCCCC. The summed E-state index contributed by atoms with van der Waals surface area (Å²) in [6.45, 7) is 3.46. The van der Waals surface area contributed by atoms with Gasteiger partial charge in [-0.25, -0.2) is 0 Å². The highest BCUT2D eigenvalue weighted by atomic mass is 16.7. The number of allylic oxidation sites excluding steroid dienone is 6. The minimum absolute atomic E-state index is 0.253. The number of rotatable bonds is 52. The van der Waals surface area contributed by atoms with Gasteiger partial charge < -0.3 is 50.5 Å². The number of hydrogen-bond acceptors (Lipinski definition) is 10. The van der Waals surface area contributed by atoms with Gasteiger partial charge in [0.1, 0.15) is 36.6 Å². The molecule has 9 unspecified atom stereocenters. The molecule has 0 aromatic carbocycles. The van der Waals surface area contributed by atoms with Gasteiger partial charge in [0.15, 0.2) is 6.29 Å². The monoisotopic (exact) mass is 1020 g/mol. The molecule has 1 heterocycles. The summed E-state index contributed by atoms with van der Waals surface area (Å²) in [6, 6.07) is -1.19. The van der Waals surface area contributed by atoms with E-state index in [1.807, 2.05) is 0 Å². The first-order valence-corrected chi connectivity index (χ1v) is 30.4. The van der Waals surface area contributed by atoms with E-state index in [0.717, 1.165) is 44.9 Å². The lowest BCUT2D eigenvalue weighted by Crippen LogP contribution is -2.60. The van der Waals surface area contributed by atoms with Crippen molar-refractivity contribution in [1.82, 2.24) is 5.32 Å². The molecule has 0 aliphatic carbocycles. The molecule has 0 bridgehead atoms. The molecular formula is C61H115NO10. The molecule has 0 aromatic rings. The third kappa shape index (κ3) is 38.0. The first-order valence-electron chi connectivity index (χ1n) is 30.4. The summed E-state index contributed by atoms with van der Waals surface area (Å²) in [7, 11) is 0. The number of unbranched alkanes of at least 4 members (excludes halogenated alkanes) is 34. The lowest BCUT2D eigenvalue weighted by Gasteiger charge is -2.40. The van der Waals surface area contributed by atoms with Gasteiger partial charge in [-0.2, -0.15) is 0 Å². The molecule has 1 fully saturated rings. The summed E-state index contributed by atoms with van der Waals surface area (Å²) < 4.78 is 11.1. The van der Waals surface area contributed by atoms with Crippen LogP contribution in [-0.2, 0) is 14.3 Å². The smallest absolute Gasteiger partial charge is 0.249 e. The van der Waals surface area contributed by atoms with Gasteiger partial charge in [-0.3, -0.25) is 4.79 Å². The average Bonchev–Trinajstić information content (AvgIpc) is 3.38. The number of carbonyl (C=O) groups is 1. The van der Waals surface area contributed by atoms with Crippen molar-refractivity contribution in [3.8, 4) is 0 Å². The molecule has 11 nitrogen and oxygen atoms in total. The molecule has 0 radical (unpaired) electrons. The van der Waals surface area contributed by atoms with Crippen molar-refractivity contribution in [2.45, 2.75) is 332 Å². The fourth-order valence-electron chi connectivity index (χ4n) is 9.71. The third-order valence-electron chi connectivity index (χ3n) is 14.7. The average molecular weight is 1020 g/mol. The Balaban J connectivity index is 2.27. The lowest BCUT2D eigenvalue weighted by atomic mass is 9.98. The van der Waals surface area contributed by atoms with E-state index in [2.05, 4.69) is 55.6 Å². The van der Waals surface area contributed by atoms with E-state index in [9.17, 15) is 40.5 Å². The van der Waals surface area contributed by atoms with E-state index in [-0.39, 0.29) is 12.8 Å². The Kier molecular flexibility index (Phi) is 47.6. The molecule has 72 heavy (non-hydrogen) atoms. The van der Waals surface area contributed by atoms with Crippen LogP contribution >= 0.6 is 0 Å². The molecule has 424 valence electrons. The van der Waals surface area contributed by atoms with Crippen LogP contribution in [0.3, 0.4) is 0 Å². The van der Waals surface area contributed by atoms with Crippen molar-refractivity contribution in [1.29, 1.82) is 0 Å². The maximum absolute atomic E-state index is 13.2. The number of ether oxygens (including phenoxy) is 2. The molecule has 8 N–H and O–H groups in total. The Morgan fingerprint density at radius 3 is 1.28 bits per heavy atom.